The predicted molar refractivity (Wildman–Crippen MR) is 203 cm³/mol. The second-order valence-electron chi connectivity index (χ2n) is 12.2. The van der Waals surface area contributed by atoms with Gasteiger partial charge in [-0.05, 0) is 76.7 Å². The topological polar surface area (TPSA) is 42.4 Å². The van der Waals surface area contributed by atoms with E-state index in [1.807, 2.05) is 97.1 Å². The molecule has 0 radical (unpaired) electrons. The van der Waals surface area contributed by atoms with Crippen LogP contribution in [0, 0.1) is 24.5 Å². The number of benzene rings is 7. The minimum atomic E-state index is 0.479. The molecule has 9 aromatic rings. The van der Waals surface area contributed by atoms with E-state index in [4.69, 9.17) is 13.1 Å². The zero-order valence-corrected chi connectivity index (χ0v) is 26.7. The Morgan fingerprint density at radius 1 is 0.500 bits per heavy atom. The van der Waals surface area contributed by atoms with Crippen molar-refractivity contribution in [3.8, 4) is 39.7 Å². The summed E-state index contributed by atoms with van der Waals surface area (Å²) in [4.78, 5) is 7.62. The number of hydrogen-bond donors (Lipinski definition) is 0. The molecule has 5 nitrogen and oxygen atoms in total. The first-order valence-corrected chi connectivity index (χ1v) is 16.2. The number of rotatable bonds is 4. The van der Waals surface area contributed by atoms with E-state index in [-0.39, 0.29) is 0 Å². The molecule has 7 aromatic carbocycles. The van der Waals surface area contributed by atoms with Crippen molar-refractivity contribution in [3.05, 3.63) is 180 Å². The predicted octanol–water partition coefficient (Wildman–Crippen LogP) is 12.2. The van der Waals surface area contributed by atoms with E-state index in [2.05, 4.69) is 79.5 Å². The Hall–Kier alpha value is -7.39. The quantitative estimate of drug-likeness (QED) is 0.177. The molecular weight excluding hydrogens is 611 g/mol. The molecule has 0 unspecified atom stereocenters. The summed E-state index contributed by atoms with van der Waals surface area (Å²) in [5, 5.41) is 14.9. The van der Waals surface area contributed by atoms with Gasteiger partial charge in [0.2, 0.25) is 0 Å². The van der Waals surface area contributed by atoms with Crippen molar-refractivity contribution in [2.24, 2.45) is 0 Å². The number of aromatic nitrogens is 2. The molecule has 2 aromatic heterocycles. The van der Waals surface area contributed by atoms with Gasteiger partial charge in [-0.25, -0.2) is 9.69 Å². The van der Waals surface area contributed by atoms with Crippen LogP contribution in [0.25, 0.3) is 86.9 Å². The molecule has 2 heterocycles. The van der Waals surface area contributed by atoms with E-state index in [1.165, 1.54) is 0 Å². The lowest BCUT2D eigenvalue weighted by Gasteiger charge is -2.18. The van der Waals surface area contributed by atoms with E-state index in [9.17, 15) is 5.26 Å². The van der Waals surface area contributed by atoms with E-state index in [0.717, 1.165) is 71.7 Å². The van der Waals surface area contributed by atoms with Crippen LogP contribution in [0.15, 0.2) is 152 Å². The lowest BCUT2D eigenvalue weighted by molar-refractivity contribution is 1.18. The van der Waals surface area contributed by atoms with Crippen molar-refractivity contribution in [3.63, 3.8) is 0 Å². The molecule has 0 spiro atoms. The van der Waals surface area contributed by atoms with E-state index in [0.29, 0.717) is 22.5 Å². The standard InChI is InChI=1S/C45H25N5/c1-47-32-22-24-43-37(27-32)36-16-5-6-17-40(36)49(43)33-13-9-11-29(25-33)30-21-23-39(48-2)38(26-30)45-31(28-46)12-10-20-44(45)50-41-18-7-3-14-34(41)35-15-4-8-19-42(35)50/h3-27H. The van der Waals surface area contributed by atoms with E-state index in [1.54, 1.807) is 0 Å². The summed E-state index contributed by atoms with van der Waals surface area (Å²) in [6.07, 6.45) is 0. The van der Waals surface area contributed by atoms with Crippen LogP contribution in [0.1, 0.15) is 5.56 Å². The average molecular weight is 636 g/mol. The monoisotopic (exact) mass is 635 g/mol. The summed E-state index contributed by atoms with van der Waals surface area (Å²) in [5.74, 6) is 0. The molecule has 0 aliphatic carbocycles. The molecule has 0 saturated carbocycles. The third-order valence-corrected chi connectivity index (χ3v) is 9.59. The van der Waals surface area contributed by atoms with Crippen molar-refractivity contribution in [2.75, 3.05) is 0 Å². The van der Waals surface area contributed by atoms with Gasteiger partial charge in [-0.1, -0.05) is 97.1 Å². The van der Waals surface area contributed by atoms with Crippen LogP contribution in [0.4, 0.5) is 11.4 Å². The van der Waals surface area contributed by atoms with Crippen molar-refractivity contribution in [1.29, 1.82) is 5.26 Å². The first-order chi connectivity index (χ1) is 24.7. The molecule has 0 aliphatic heterocycles. The fourth-order valence-corrected chi connectivity index (χ4v) is 7.43. The van der Waals surface area contributed by atoms with Crippen molar-refractivity contribution in [2.45, 2.75) is 0 Å². The molecular formula is C45H25N5. The van der Waals surface area contributed by atoms with Crippen molar-refractivity contribution in [1.82, 2.24) is 9.13 Å². The minimum absolute atomic E-state index is 0.479. The van der Waals surface area contributed by atoms with Gasteiger partial charge in [-0.3, -0.25) is 0 Å². The van der Waals surface area contributed by atoms with Gasteiger partial charge in [0.05, 0.1) is 52.5 Å². The number of nitriles is 1. The van der Waals surface area contributed by atoms with Crippen LogP contribution >= 0.6 is 0 Å². The van der Waals surface area contributed by atoms with Crippen molar-refractivity contribution >= 4 is 55.0 Å². The Balaban J connectivity index is 1.26. The average Bonchev–Trinajstić information content (AvgIpc) is 3.70. The first kappa shape index (κ1) is 28.8. The smallest absolute Gasteiger partial charge is 0.195 e. The normalized spacial score (nSPS) is 11.1. The molecule has 50 heavy (non-hydrogen) atoms. The van der Waals surface area contributed by atoms with Crippen LogP contribution in [0.3, 0.4) is 0 Å². The maximum absolute atomic E-state index is 10.5. The van der Waals surface area contributed by atoms with Gasteiger partial charge < -0.3 is 9.13 Å². The molecule has 0 aliphatic rings. The molecule has 9 rings (SSSR count). The Labute approximate surface area is 288 Å². The Bertz CT molecular complexity index is 2920. The minimum Gasteiger partial charge on any atom is -0.309 e. The summed E-state index contributed by atoms with van der Waals surface area (Å²) in [6.45, 7) is 15.7. The molecule has 0 saturated heterocycles. The van der Waals surface area contributed by atoms with Crippen LogP contribution in [0.5, 0.6) is 0 Å². The fraction of sp³-hybridized carbons (Fsp3) is 0. The van der Waals surface area contributed by atoms with Gasteiger partial charge >= 0.3 is 0 Å². The third kappa shape index (κ3) is 4.31. The summed E-state index contributed by atoms with van der Waals surface area (Å²) >= 11 is 0. The van der Waals surface area contributed by atoms with Crippen molar-refractivity contribution < 1.29 is 0 Å². The van der Waals surface area contributed by atoms with Crippen LogP contribution < -0.4 is 0 Å². The van der Waals surface area contributed by atoms with Gasteiger partial charge in [0.1, 0.15) is 0 Å². The number of nitrogens with zero attached hydrogens (tertiary/aromatic N) is 5. The van der Waals surface area contributed by atoms with Gasteiger partial charge in [0, 0.05) is 27.4 Å². The summed E-state index contributed by atoms with van der Waals surface area (Å²) in [5.41, 5.74) is 10.9. The van der Waals surface area contributed by atoms with Gasteiger partial charge in [-0.2, -0.15) is 5.26 Å². The second-order valence-corrected chi connectivity index (χ2v) is 12.2. The van der Waals surface area contributed by atoms with Crippen LogP contribution in [0.2, 0.25) is 0 Å². The number of hydrogen-bond acceptors (Lipinski definition) is 1. The molecule has 230 valence electrons. The molecule has 0 bridgehead atoms. The van der Waals surface area contributed by atoms with Gasteiger partial charge in [0.15, 0.2) is 11.4 Å². The highest BCUT2D eigenvalue weighted by Crippen LogP contribution is 2.43. The van der Waals surface area contributed by atoms with Gasteiger partial charge in [0.25, 0.3) is 0 Å². The summed E-state index contributed by atoms with van der Waals surface area (Å²) < 4.78 is 4.45. The zero-order chi connectivity index (χ0) is 33.8. The highest BCUT2D eigenvalue weighted by molar-refractivity contribution is 6.11. The number of para-hydroxylation sites is 3. The zero-order valence-electron chi connectivity index (χ0n) is 26.7. The lowest BCUT2D eigenvalue weighted by atomic mass is 9.93. The highest BCUT2D eigenvalue weighted by Gasteiger charge is 2.21. The summed E-state index contributed by atoms with van der Waals surface area (Å²) in [6, 6.07) is 53.2. The molecule has 5 heteroatoms. The Kier molecular flexibility index (Phi) is 6.56. The van der Waals surface area contributed by atoms with Gasteiger partial charge in [-0.15, -0.1) is 0 Å². The first-order valence-electron chi connectivity index (χ1n) is 16.2. The molecule has 0 atom stereocenters. The lowest BCUT2D eigenvalue weighted by Crippen LogP contribution is -2.00. The second kappa shape index (κ2) is 11.4. The maximum Gasteiger partial charge on any atom is 0.195 e. The summed E-state index contributed by atoms with van der Waals surface area (Å²) in [7, 11) is 0. The number of fused-ring (bicyclic) bond motifs is 6. The fourth-order valence-electron chi connectivity index (χ4n) is 7.43. The van der Waals surface area contributed by atoms with Crippen LogP contribution in [-0.4, -0.2) is 9.13 Å². The molecule has 0 amide bonds. The van der Waals surface area contributed by atoms with E-state index < -0.39 is 0 Å². The molecule has 0 fully saturated rings. The Morgan fingerprint density at radius 3 is 1.80 bits per heavy atom. The highest BCUT2D eigenvalue weighted by atomic mass is 15.0. The Morgan fingerprint density at radius 2 is 1.12 bits per heavy atom. The third-order valence-electron chi connectivity index (χ3n) is 9.59. The van der Waals surface area contributed by atoms with E-state index >= 15 is 0 Å². The maximum atomic E-state index is 10.5. The van der Waals surface area contributed by atoms with Crippen LogP contribution in [-0.2, 0) is 0 Å². The largest absolute Gasteiger partial charge is 0.309 e. The molecule has 0 N–H and O–H groups in total. The SMILES string of the molecule is [C-]#[N+]c1ccc2c(c1)c1ccccc1n2-c1cccc(-c2ccc([N+]#[C-])c(-c3c(C#N)cccc3-n3c4ccccc4c4ccccc43)c2)c1.